The van der Waals surface area contributed by atoms with Crippen molar-refractivity contribution in [1.29, 1.82) is 0 Å². The maximum atomic E-state index is 12.8. The Kier molecular flexibility index (Phi) is 7.74. The molecular formula is C17H25FN2OS. The van der Waals surface area contributed by atoms with Crippen molar-refractivity contribution in [2.75, 3.05) is 31.9 Å². The average molecular weight is 324 g/mol. The Morgan fingerprint density at radius 3 is 2.64 bits per heavy atom. The maximum absolute atomic E-state index is 12.8. The van der Waals surface area contributed by atoms with Crippen LogP contribution >= 0.6 is 11.8 Å². The quantitative estimate of drug-likeness (QED) is 0.588. The van der Waals surface area contributed by atoms with E-state index in [0.717, 1.165) is 30.2 Å². The molecule has 0 aromatic heterocycles. The second-order valence-electron chi connectivity index (χ2n) is 5.66. The van der Waals surface area contributed by atoms with E-state index in [2.05, 4.69) is 10.2 Å². The molecule has 0 atom stereocenters. The Bertz CT molecular complexity index is 446. The van der Waals surface area contributed by atoms with Crippen LogP contribution in [0.25, 0.3) is 0 Å². The predicted octanol–water partition coefficient (Wildman–Crippen LogP) is 3.30. The highest BCUT2D eigenvalue weighted by Gasteiger charge is 2.09. The molecule has 0 spiro atoms. The molecule has 0 aliphatic carbocycles. The van der Waals surface area contributed by atoms with E-state index >= 15 is 0 Å². The molecule has 0 radical (unpaired) electrons. The predicted molar refractivity (Wildman–Crippen MR) is 89.7 cm³/mol. The molecule has 5 heteroatoms. The van der Waals surface area contributed by atoms with Crippen LogP contribution in [0.5, 0.6) is 0 Å². The second-order valence-corrected chi connectivity index (χ2v) is 6.83. The molecule has 1 aromatic carbocycles. The molecule has 1 aromatic rings. The molecule has 1 heterocycles. The van der Waals surface area contributed by atoms with Gasteiger partial charge in [0.2, 0.25) is 5.91 Å². The van der Waals surface area contributed by atoms with E-state index in [4.69, 9.17) is 0 Å². The highest BCUT2D eigenvalue weighted by molar-refractivity contribution is 7.99. The molecule has 0 bridgehead atoms. The summed E-state index contributed by atoms with van der Waals surface area (Å²) in [5, 5.41) is 2.98. The van der Waals surface area contributed by atoms with Crippen LogP contribution in [0, 0.1) is 5.82 Å². The van der Waals surface area contributed by atoms with Crippen LogP contribution in [0.15, 0.2) is 29.2 Å². The summed E-state index contributed by atoms with van der Waals surface area (Å²) < 4.78 is 12.8. The number of halogens is 1. The van der Waals surface area contributed by atoms with Gasteiger partial charge in [-0.1, -0.05) is 6.42 Å². The third-order valence-corrected chi connectivity index (χ3v) is 4.85. The van der Waals surface area contributed by atoms with E-state index in [-0.39, 0.29) is 11.7 Å². The monoisotopic (exact) mass is 324 g/mol. The first-order valence-electron chi connectivity index (χ1n) is 8.11. The molecule has 2 rings (SSSR count). The number of hydrogen-bond acceptors (Lipinski definition) is 3. The lowest BCUT2D eigenvalue weighted by Crippen LogP contribution is -2.33. The number of benzene rings is 1. The Labute approximate surface area is 136 Å². The number of nitrogens with one attached hydrogen (secondary N) is 1. The first kappa shape index (κ1) is 17.3. The van der Waals surface area contributed by atoms with Gasteiger partial charge in [-0.2, -0.15) is 0 Å². The molecule has 1 fully saturated rings. The molecular weight excluding hydrogens is 299 g/mol. The molecule has 22 heavy (non-hydrogen) atoms. The standard InChI is InChI=1S/C17H25FN2OS/c18-15-5-7-16(8-6-15)22-14-9-17(21)19-10-4-13-20-11-2-1-3-12-20/h5-8H,1-4,9-14H2,(H,19,21). The van der Waals surface area contributed by atoms with E-state index in [0.29, 0.717) is 6.42 Å². The fourth-order valence-electron chi connectivity index (χ4n) is 2.59. The topological polar surface area (TPSA) is 32.3 Å². The van der Waals surface area contributed by atoms with Crippen LogP contribution < -0.4 is 5.32 Å². The Hall–Kier alpha value is -1.07. The summed E-state index contributed by atoms with van der Waals surface area (Å²) in [7, 11) is 0. The Balaban J connectivity index is 1.49. The lowest BCUT2D eigenvalue weighted by molar-refractivity contribution is -0.120. The summed E-state index contributed by atoms with van der Waals surface area (Å²) in [6.07, 6.45) is 5.52. The van der Waals surface area contributed by atoms with Crippen LogP contribution in [-0.2, 0) is 4.79 Å². The molecule has 3 nitrogen and oxygen atoms in total. The van der Waals surface area contributed by atoms with Crippen molar-refractivity contribution in [2.45, 2.75) is 37.0 Å². The molecule has 1 N–H and O–H groups in total. The lowest BCUT2D eigenvalue weighted by Gasteiger charge is -2.26. The minimum atomic E-state index is -0.226. The zero-order valence-electron chi connectivity index (χ0n) is 13.0. The summed E-state index contributed by atoms with van der Waals surface area (Å²) >= 11 is 1.58. The maximum Gasteiger partial charge on any atom is 0.220 e. The highest BCUT2D eigenvalue weighted by Crippen LogP contribution is 2.18. The van der Waals surface area contributed by atoms with Gasteiger partial charge in [-0.3, -0.25) is 4.79 Å². The first-order chi connectivity index (χ1) is 10.7. The van der Waals surface area contributed by atoms with Gasteiger partial charge < -0.3 is 10.2 Å². The molecule has 0 saturated carbocycles. The number of carbonyl (C=O) groups excluding carboxylic acids is 1. The normalized spacial score (nSPS) is 15.7. The summed E-state index contributed by atoms with van der Waals surface area (Å²) in [5.41, 5.74) is 0. The van der Waals surface area contributed by atoms with Gasteiger partial charge in [-0.05, 0) is 63.2 Å². The number of nitrogens with zero attached hydrogens (tertiary/aromatic N) is 1. The first-order valence-corrected chi connectivity index (χ1v) is 9.10. The van der Waals surface area contributed by atoms with Crippen molar-refractivity contribution in [3.8, 4) is 0 Å². The fraction of sp³-hybridized carbons (Fsp3) is 0.588. The van der Waals surface area contributed by atoms with Crippen LogP contribution in [0.1, 0.15) is 32.1 Å². The van der Waals surface area contributed by atoms with E-state index in [9.17, 15) is 9.18 Å². The van der Waals surface area contributed by atoms with E-state index in [1.54, 1.807) is 23.9 Å². The minimum absolute atomic E-state index is 0.105. The molecule has 1 amide bonds. The number of carbonyl (C=O) groups is 1. The van der Waals surface area contributed by atoms with Crippen molar-refractivity contribution in [3.05, 3.63) is 30.1 Å². The SMILES string of the molecule is O=C(CCSc1ccc(F)cc1)NCCCN1CCCCC1. The zero-order chi connectivity index (χ0) is 15.6. The Morgan fingerprint density at radius 2 is 1.91 bits per heavy atom. The Morgan fingerprint density at radius 1 is 1.18 bits per heavy atom. The summed E-state index contributed by atoms with van der Waals surface area (Å²) in [5.74, 6) is 0.605. The third-order valence-electron chi connectivity index (χ3n) is 3.83. The molecule has 1 aliphatic heterocycles. The number of likely N-dealkylation sites (tertiary alicyclic amines) is 1. The van der Waals surface area contributed by atoms with Crippen molar-refractivity contribution < 1.29 is 9.18 Å². The number of amides is 1. The summed E-state index contributed by atoms with van der Waals surface area (Å²) in [6, 6.07) is 6.39. The van der Waals surface area contributed by atoms with Crippen molar-refractivity contribution in [2.24, 2.45) is 0 Å². The molecule has 122 valence electrons. The van der Waals surface area contributed by atoms with Crippen LogP contribution in [0.2, 0.25) is 0 Å². The smallest absolute Gasteiger partial charge is 0.220 e. The highest BCUT2D eigenvalue weighted by atomic mass is 32.2. The van der Waals surface area contributed by atoms with Gasteiger partial charge in [0, 0.05) is 23.6 Å². The number of piperidine rings is 1. The van der Waals surface area contributed by atoms with E-state index < -0.39 is 0 Å². The summed E-state index contributed by atoms with van der Waals surface area (Å²) in [6.45, 7) is 4.27. The number of rotatable bonds is 8. The van der Waals surface area contributed by atoms with Crippen molar-refractivity contribution in [3.63, 3.8) is 0 Å². The van der Waals surface area contributed by atoms with Gasteiger partial charge in [-0.25, -0.2) is 4.39 Å². The van der Waals surface area contributed by atoms with E-state index in [1.165, 1.54) is 44.5 Å². The fourth-order valence-corrected chi connectivity index (χ4v) is 3.45. The number of hydrogen-bond donors (Lipinski definition) is 1. The van der Waals surface area contributed by atoms with Crippen molar-refractivity contribution >= 4 is 17.7 Å². The lowest BCUT2D eigenvalue weighted by atomic mass is 10.1. The largest absolute Gasteiger partial charge is 0.356 e. The van der Waals surface area contributed by atoms with Gasteiger partial charge in [0.1, 0.15) is 5.82 Å². The summed E-state index contributed by atoms with van der Waals surface area (Å²) in [4.78, 5) is 15.2. The van der Waals surface area contributed by atoms with Gasteiger partial charge in [-0.15, -0.1) is 11.8 Å². The van der Waals surface area contributed by atoms with E-state index in [1.807, 2.05) is 0 Å². The van der Waals surface area contributed by atoms with Crippen molar-refractivity contribution in [1.82, 2.24) is 10.2 Å². The average Bonchev–Trinajstić information content (AvgIpc) is 2.54. The third kappa shape index (κ3) is 6.79. The minimum Gasteiger partial charge on any atom is -0.356 e. The van der Waals surface area contributed by atoms with Gasteiger partial charge in [0.15, 0.2) is 0 Å². The second kappa shape index (κ2) is 9.85. The molecule has 1 aliphatic rings. The molecule has 1 saturated heterocycles. The van der Waals surface area contributed by atoms with Crippen LogP contribution in [0.4, 0.5) is 4.39 Å². The number of thioether (sulfide) groups is 1. The van der Waals surface area contributed by atoms with Gasteiger partial charge in [0.05, 0.1) is 0 Å². The van der Waals surface area contributed by atoms with Crippen LogP contribution in [-0.4, -0.2) is 42.7 Å². The van der Waals surface area contributed by atoms with Crippen LogP contribution in [0.3, 0.4) is 0 Å². The van der Waals surface area contributed by atoms with Gasteiger partial charge in [0.25, 0.3) is 0 Å². The zero-order valence-corrected chi connectivity index (χ0v) is 13.8. The van der Waals surface area contributed by atoms with Gasteiger partial charge >= 0.3 is 0 Å². The molecule has 0 unspecified atom stereocenters.